The van der Waals surface area contributed by atoms with E-state index in [1.165, 1.54) is 6.07 Å². The van der Waals surface area contributed by atoms with E-state index in [1.807, 2.05) is 30.1 Å². The van der Waals surface area contributed by atoms with Crippen LogP contribution >= 0.6 is 0 Å². The quantitative estimate of drug-likeness (QED) is 0.880. The average molecular weight is 247 g/mol. The molecule has 0 aliphatic heterocycles. The zero-order chi connectivity index (χ0) is 13.0. The second-order valence-electron chi connectivity index (χ2n) is 4.36. The number of aryl methyl sites for hydroxylation is 1. The Labute approximate surface area is 107 Å². The number of nitrogens with one attached hydrogen (secondary N) is 1. The van der Waals surface area contributed by atoms with Crippen molar-refractivity contribution in [1.82, 2.24) is 15.1 Å². The number of rotatable bonds is 5. The van der Waals surface area contributed by atoms with Crippen LogP contribution in [0.1, 0.15) is 31.0 Å². The van der Waals surface area contributed by atoms with Crippen molar-refractivity contribution < 1.29 is 4.39 Å². The highest BCUT2D eigenvalue weighted by Gasteiger charge is 2.06. The molecule has 0 fully saturated rings. The lowest BCUT2D eigenvalue weighted by atomic mass is 10.1. The van der Waals surface area contributed by atoms with Crippen molar-refractivity contribution in [2.45, 2.75) is 33.0 Å². The Bertz CT molecular complexity index is 507. The molecule has 1 heterocycles. The molecule has 1 aromatic heterocycles. The summed E-state index contributed by atoms with van der Waals surface area (Å²) in [6.07, 6.45) is 3.88. The fourth-order valence-corrected chi connectivity index (χ4v) is 1.84. The predicted molar refractivity (Wildman–Crippen MR) is 69.6 cm³/mol. The highest BCUT2D eigenvalue weighted by Crippen LogP contribution is 2.14. The van der Waals surface area contributed by atoms with Crippen LogP contribution in [0.4, 0.5) is 4.39 Å². The molecular weight excluding hydrogens is 229 g/mol. The van der Waals surface area contributed by atoms with E-state index in [-0.39, 0.29) is 11.9 Å². The minimum absolute atomic E-state index is 0.116. The topological polar surface area (TPSA) is 29.9 Å². The summed E-state index contributed by atoms with van der Waals surface area (Å²) in [6, 6.07) is 6.80. The molecule has 0 spiro atoms. The second-order valence-corrected chi connectivity index (χ2v) is 4.36. The van der Waals surface area contributed by atoms with Crippen molar-refractivity contribution in [3.63, 3.8) is 0 Å². The Morgan fingerprint density at radius 2 is 2.28 bits per heavy atom. The van der Waals surface area contributed by atoms with Crippen molar-refractivity contribution in [1.29, 1.82) is 0 Å². The molecule has 96 valence electrons. The van der Waals surface area contributed by atoms with Crippen molar-refractivity contribution in [2.24, 2.45) is 0 Å². The van der Waals surface area contributed by atoms with Gasteiger partial charge in [-0.3, -0.25) is 4.68 Å². The van der Waals surface area contributed by atoms with Gasteiger partial charge in [0.05, 0.1) is 6.20 Å². The maximum atomic E-state index is 13.1. The summed E-state index contributed by atoms with van der Waals surface area (Å²) in [6.45, 7) is 5.69. The van der Waals surface area contributed by atoms with E-state index in [4.69, 9.17) is 0 Å². The van der Waals surface area contributed by atoms with Crippen molar-refractivity contribution >= 4 is 0 Å². The lowest BCUT2D eigenvalue weighted by Gasteiger charge is -2.13. The van der Waals surface area contributed by atoms with E-state index in [2.05, 4.69) is 17.3 Å². The van der Waals surface area contributed by atoms with Gasteiger partial charge in [-0.2, -0.15) is 5.10 Å². The number of benzene rings is 1. The second kappa shape index (κ2) is 5.78. The first-order chi connectivity index (χ1) is 8.69. The van der Waals surface area contributed by atoms with Crippen molar-refractivity contribution in [3.8, 4) is 0 Å². The molecule has 0 unspecified atom stereocenters. The number of aromatic nitrogens is 2. The van der Waals surface area contributed by atoms with E-state index in [1.54, 1.807) is 12.1 Å². The smallest absolute Gasteiger partial charge is 0.123 e. The SMILES string of the molecule is CCn1cc(CN[C@@H](C)c2cccc(F)c2)cn1. The van der Waals surface area contributed by atoms with Crippen LogP contribution in [-0.2, 0) is 13.1 Å². The Morgan fingerprint density at radius 1 is 1.44 bits per heavy atom. The third-order valence-corrected chi connectivity index (χ3v) is 2.97. The molecule has 1 N–H and O–H groups in total. The van der Waals surface area contributed by atoms with Crippen LogP contribution in [0.3, 0.4) is 0 Å². The summed E-state index contributed by atoms with van der Waals surface area (Å²) < 4.78 is 15.0. The van der Waals surface area contributed by atoms with Gasteiger partial charge in [0.1, 0.15) is 5.82 Å². The summed E-state index contributed by atoms with van der Waals surface area (Å²) >= 11 is 0. The predicted octanol–water partition coefficient (Wildman–Crippen LogP) is 2.89. The van der Waals surface area contributed by atoms with Gasteiger partial charge >= 0.3 is 0 Å². The first-order valence-corrected chi connectivity index (χ1v) is 6.19. The lowest BCUT2D eigenvalue weighted by molar-refractivity contribution is 0.564. The molecule has 3 nitrogen and oxygen atoms in total. The van der Waals surface area contributed by atoms with Crippen LogP contribution in [0.2, 0.25) is 0 Å². The number of nitrogens with zero attached hydrogens (tertiary/aromatic N) is 2. The average Bonchev–Trinajstić information content (AvgIpc) is 2.84. The molecule has 0 saturated carbocycles. The Hall–Kier alpha value is -1.68. The van der Waals surface area contributed by atoms with Crippen LogP contribution in [0.5, 0.6) is 0 Å². The van der Waals surface area contributed by atoms with Gasteiger partial charge in [-0.1, -0.05) is 12.1 Å². The molecule has 2 rings (SSSR count). The van der Waals surface area contributed by atoms with Crippen LogP contribution < -0.4 is 5.32 Å². The Kier molecular flexibility index (Phi) is 4.10. The van der Waals surface area contributed by atoms with E-state index in [9.17, 15) is 4.39 Å². The third-order valence-electron chi connectivity index (χ3n) is 2.97. The highest BCUT2D eigenvalue weighted by molar-refractivity contribution is 5.19. The molecule has 2 aromatic rings. The van der Waals surface area contributed by atoms with Gasteiger partial charge in [0.2, 0.25) is 0 Å². The molecule has 4 heteroatoms. The normalized spacial score (nSPS) is 12.6. The van der Waals surface area contributed by atoms with Gasteiger partial charge in [-0.05, 0) is 31.5 Å². The van der Waals surface area contributed by atoms with Gasteiger partial charge in [-0.25, -0.2) is 4.39 Å². The van der Waals surface area contributed by atoms with Gasteiger partial charge in [0.15, 0.2) is 0 Å². The van der Waals surface area contributed by atoms with Crippen molar-refractivity contribution in [2.75, 3.05) is 0 Å². The molecule has 1 atom stereocenters. The summed E-state index contributed by atoms with van der Waals surface area (Å²) in [5, 5.41) is 7.58. The largest absolute Gasteiger partial charge is 0.306 e. The molecule has 1 aromatic carbocycles. The van der Waals surface area contributed by atoms with Crippen LogP contribution in [0.15, 0.2) is 36.7 Å². The lowest BCUT2D eigenvalue weighted by Crippen LogP contribution is -2.17. The molecular formula is C14H18FN3. The Morgan fingerprint density at radius 3 is 2.94 bits per heavy atom. The van der Waals surface area contributed by atoms with Crippen LogP contribution in [0, 0.1) is 5.82 Å². The third kappa shape index (κ3) is 3.17. The van der Waals surface area contributed by atoms with Crippen LogP contribution in [0.25, 0.3) is 0 Å². The molecule has 0 aliphatic carbocycles. The fourth-order valence-electron chi connectivity index (χ4n) is 1.84. The fraction of sp³-hybridized carbons (Fsp3) is 0.357. The summed E-state index contributed by atoms with van der Waals surface area (Å²) in [5.41, 5.74) is 2.10. The molecule has 0 bridgehead atoms. The Balaban J connectivity index is 1.93. The number of hydrogen-bond donors (Lipinski definition) is 1. The monoisotopic (exact) mass is 247 g/mol. The van der Waals surface area contributed by atoms with Crippen molar-refractivity contribution in [3.05, 3.63) is 53.6 Å². The molecule has 0 aliphatic rings. The molecule has 0 radical (unpaired) electrons. The number of halogens is 1. The molecule has 18 heavy (non-hydrogen) atoms. The first kappa shape index (κ1) is 12.8. The maximum Gasteiger partial charge on any atom is 0.123 e. The van der Waals surface area contributed by atoms with E-state index in [0.29, 0.717) is 0 Å². The summed E-state index contributed by atoms with van der Waals surface area (Å²) in [4.78, 5) is 0. The minimum Gasteiger partial charge on any atom is -0.306 e. The number of hydrogen-bond acceptors (Lipinski definition) is 2. The van der Waals surface area contributed by atoms with E-state index >= 15 is 0 Å². The van der Waals surface area contributed by atoms with Gasteiger partial charge in [0, 0.05) is 30.9 Å². The van der Waals surface area contributed by atoms with Gasteiger partial charge < -0.3 is 5.32 Å². The maximum absolute atomic E-state index is 13.1. The molecule has 0 amide bonds. The first-order valence-electron chi connectivity index (χ1n) is 6.19. The molecule has 0 saturated heterocycles. The summed E-state index contributed by atoms with van der Waals surface area (Å²) in [5.74, 6) is -0.194. The van der Waals surface area contributed by atoms with Gasteiger partial charge in [0.25, 0.3) is 0 Å². The van der Waals surface area contributed by atoms with E-state index < -0.39 is 0 Å². The minimum atomic E-state index is -0.194. The standard InChI is InChI=1S/C14H18FN3/c1-3-18-10-12(9-17-18)8-16-11(2)13-5-4-6-14(15)7-13/h4-7,9-11,16H,3,8H2,1-2H3/t11-/m0/s1. The highest BCUT2D eigenvalue weighted by atomic mass is 19.1. The zero-order valence-electron chi connectivity index (χ0n) is 10.7. The van der Waals surface area contributed by atoms with Gasteiger partial charge in [-0.15, -0.1) is 0 Å². The van der Waals surface area contributed by atoms with Crippen LogP contribution in [-0.4, -0.2) is 9.78 Å². The van der Waals surface area contributed by atoms with E-state index in [0.717, 1.165) is 24.2 Å². The summed E-state index contributed by atoms with van der Waals surface area (Å²) in [7, 11) is 0. The zero-order valence-corrected chi connectivity index (χ0v) is 10.7.